The highest BCUT2D eigenvalue weighted by molar-refractivity contribution is 5.80. The fourth-order valence-corrected chi connectivity index (χ4v) is 4.04. The minimum atomic E-state index is -2.78. The van der Waals surface area contributed by atoms with Crippen LogP contribution < -0.4 is 10.9 Å². The third-order valence-electron chi connectivity index (χ3n) is 5.56. The van der Waals surface area contributed by atoms with E-state index in [0.29, 0.717) is 6.54 Å². The third kappa shape index (κ3) is 4.42. The molecule has 1 fully saturated rings. The van der Waals surface area contributed by atoms with Crippen molar-refractivity contribution in [2.24, 2.45) is 0 Å². The number of benzene rings is 1. The Hall–Kier alpha value is -3.03. The molecule has 0 unspecified atom stereocenters. The molecule has 0 atom stereocenters. The van der Waals surface area contributed by atoms with Crippen molar-refractivity contribution >= 4 is 16.9 Å². The highest BCUT2D eigenvalue weighted by atomic mass is 19.3. The van der Waals surface area contributed by atoms with Crippen LogP contribution in [0.4, 0.5) is 8.78 Å². The fourth-order valence-electron chi connectivity index (χ4n) is 4.04. The first-order valence-corrected chi connectivity index (χ1v) is 10.2. The molecule has 2 aromatic heterocycles. The summed E-state index contributed by atoms with van der Waals surface area (Å²) < 4.78 is 29.9. The molecule has 8 heteroatoms. The van der Waals surface area contributed by atoms with Gasteiger partial charge in [0, 0.05) is 42.2 Å². The number of hydrogen-bond donors (Lipinski definition) is 1. The van der Waals surface area contributed by atoms with Crippen LogP contribution in [-0.2, 0) is 17.9 Å². The molecular weight excluding hydrogens is 390 g/mol. The van der Waals surface area contributed by atoms with Crippen molar-refractivity contribution in [2.45, 2.75) is 57.7 Å². The van der Waals surface area contributed by atoms with E-state index in [1.807, 2.05) is 30.3 Å². The maximum atomic E-state index is 13.5. The molecule has 0 saturated heterocycles. The van der Waals surface area contributed by atoms with Gasteiger partial charge in [0.1, 0.15) is 0 Å². The van der Waals surface area contributed by atoms with Gasteiger partial charge in [-0.2, -0.15) is 5.10 Å². The lowest BCUT2D eigenvalue weighted by atomic mass is 10.2. The van der Waals surface area contributed by atoms with Crippen LogP contribution in [0.3, 0.4) is 0 Å². The van der Waals surface area contributed by atoms with E-state index in [4.69, 9.17) is 0 Å². The fraction of sp³-hybridized carbons (Fsp3) is 0.409. The zero-order valence-corrected chi connectivity index (χ0v) is 16.6. The van der Waals surface area contributed by atoms with Gasteiger partial charge in [-0.1, -0.05) is 43.2 Å². The summed E-state index contributed by atoms with van der Waals surface area (Å²) in [6.45, 7) is 0.494. The molecule has 1 amide bonds. The molecule has 3 aromatic rings. The predicted octanol–water partition coefficient (Wildman–Crippen LogP) is 3.63. The summed E-state index contributed by atoms with van der Waals surface area (Å²) in [5, 5.41) is 7.62. The van der Waals surface area contributed by atoms with E-state index in [9.17, 15) is 18.4 Å². The van der Waals surface area contributed by atoms with Crippen LogP contribution in [0.5, 0.6) is 0 Å². The van der Waals surface area contributed by atoms with Gasteiger partial charge in [-0.3, -0.25) is 18.8 Å². The Balaban J connectivity index is 1.61. The van der Waals surface area contributed by atoms with Crippen LogP contribution in [0.1, 0.15) is 49.7 Å². The lowest BCUT2D eigenvalue weighted by Crippen LogP contribution is -2.34. The Morgan fingerprint density at radius 1 is 1.20 bits per heavy atom. The molecule has 158 valence electrons. The van der Waals surface area contributed by atoms with Gasteiger partial charge < -0.3 is 5.32 Å². The van der Waals surface area contributed by atoms with Gasteiger partial charge >= 0.3 is 0 Å². The highest BCUT2D eigenvalue weighted by Crippen LogP contribution is 2.26. The minimum Gasteiger partial charge on any atom is -0.353 e. The van der Waals surface area contributed by atoms with Gasteiger partial charge in [0.2, 0.25) is 5.91 Å². The Morgan fingerprint density at radius 2 is 1.93 bits per heavy atom. The number of carbonyl (C=O) groups is 1. The second-order valence-electron chi connectivity index (χ2n) is 7.74. The summed E-state index contributed by atoms with van der Waals surface area (Å²) in [6.07, 6.45) is 3.03. The second kappa shape index (κ2) is 8.77. The molecule has 0 aliphatic heterocycles. The number of halogens is 2. The van der Waals surface area contributed by atoms with E-state index in [1.165, 1.54) is 4.57 Å². The van der Waals surface area contributed by atoms with E-state index < -0.39 is 12.0 Å². The Bertz CT molecular complexity index is 1090. The monoisotopic (exact) mass is 414 g/mol. The van der Waals surface area contributed by atoms with Crippen molar-refractivity contribution in [3.63, 3.8) is 0 Å². The second-order valence-corrected chi connectivity index (χ2v) is 7.74. The standard InChI is InChI=1S/C22H24F2N4O2/c23-21(24)17-12-20(30)28(11-10-19(29)25-16-8-4-5-9-16)22-18(17)14-27(26-22)13-15-6-2-1-3-7-15/h1-3,6-7,12,14,16,21H,4-5,8-11,13H2,(H,25,29). The first-order valence-electron chi connectivity index (χ1n) is 10.2. The first-order chi connectivity index (χ1) is 14.5. The number of carbonyl (C=O) groups excluding carboxylic acids is 1. The topological polar surface area (TPSA) is 68.9 Å². The maximum absolute atomic E-state index is 13.5. The van der Waals surface area contributed by atoms with Crippen LogP contribution in [0.2, 0.25) is 0 Å². The molecule has 1 aliphatic rings. The smallest absolute Gasteiger partial charge is 0.264 e. The molecule has 30 heavy (non-hydrogen) atoms. The summed E-state index contributed by atoms with van der Waals surface area (Å²) in [5.41, 5.74) is 0.244. The maximum Gasteiger partial charge on any atom is 0.264 e. The van der Waals surface area contributed by atoms with E-state index in [0.717, 1.165) is 37.3 Å². The molecule has 1 aliphatic carbocycles. The SMILES string of the molecule is O=C(CCn1c(=O)cc(C(F)F)c2cn(Cc3ccccc3)nc21)NC1CCCC1. The molecular formula is C22H24F2N4O2. The first kappa shape index (κ1) is 20.3. The van der Waals surface area contributed by atoms with Gasteiger partial charge in [-0.05, 0) is 18.4 Å². The third-order valence-corrected chi connectivity index (χ3v) is 5.56. The molecule has 1 aromatic carbocycles. The molecule has 2 heterocycles. The summed E-state index contributed by atoms with van der Waals surface area (Å²) in [4.78, 5) is 24.8. The van der Waals surface area contributed by atoms with Gasteiger partial charge in [-0.25, -0.2) is 8.78 Å². The zero-order chi connectivity index (χ0) is 21.1. The van der Waals surface area contributed by atoms with Crippen molar-refractivity contribution < 1.29 is 13.6 Å². The van der Waals surface area contributed by atoms with Crippen molar-refractivity contribution in [2.75, 3.05) is 0 Å². The lowest BCUT2D eigenvalue weighted by molar-refractivity contribution is -0.122. The number of alkyl halides is 2. The number of nitrogens with zero attached hydrogens (tertiary/aromatic N) is 3. The Morgan fingerprint density at radius 3 is 2.63 bits per heavy atom. The van der Waals surface area contributed by atoms with E-state index in [1.54, 1.807) is 10.9 Å². The van der Waals surface area contributed by atoms with Crippen molar-refractivity contribution in [1.29, 1.82) is 0 Å². The number of rotatable bonds is 7. The van der Waals surface area contributed by atoms with Crippen molar-refractivity contribution in [1.82, 2.24) is 19.7 Å². The summed E-state index contributed by atoms with van der Waals surface area (Å²) in [6, 6.07) is 10.7. The molecule has 0 bridgehead atoms. The summed E-state index contributed by atoms with van der Waals surface area (Å²) >= 11 is 0. The van der Waals surface area contributed by atoms with Crippen molar-refractivity contribution in [3.05, 3.63) is 64.1 Å². The number of aromatic nitrogens is 3. The van der Waals surface area contributed by atoms with Crippen LogP contribution in [0, 0.1) is 0 Å². The number of fused-ring (bicyclic) bond motifs is 1. The number of nitrogens with one attached hydrogen (secondary N) is 1. The molecule has 6 nitrogen and oxygen atoms in total. The van der Waals surface area contributed by atoms with Crippen LogP contribution in [-0.4, -0.2) is 26.3 Å². The van der Waals surface area contributed by atoms with Crippen molar-refractivity contribution in [3.8, 4) is 0 Å². The predicted molar refractivity (Wildman–Crippen MR) is 110 cm³/mol. The number of pyridine rings is 1. The van der Waals surface area contributed by atoms with Crippen LogP contribution in [0.15, 0.2) is 47.4 Å². The summed E-state index contributed by atoms with van der Waals surface area (Å²) in [5.74, 6) is -0.136. The normalized spacial score (nSPS) is 14.6. The van der Waals surface area contributed by atoms with E-state index in [-0.39, 0.29) is 41.5 Å². The van der Waals surface area contributed by atoms with Crippen LogP contribution in [0.25, 0.3) is 11.0 Å². The molecule has 1 saturated carbocycles. The van der Waals surface area contributed by atoms with Gasteiger partial charge in [0.05, 0.1) is 6.54 Å². The Labute approximate surface area is 172 Å². The zero-order valence-electron chi connectivity index (χ0n) is 16.6. The van der Waals surface area contributed by atoms with Crippen LogP contribution >= 0.6 is 0 Å². The van der Waals surface area contributed by atoms with E-state index >= 15 is 0 Å². The van der Waals surface area contributed by atoms with Gasteiger partial charge in [0.15, 0.2) is 5.65 Å². The quantitative estimate of drug-likeness (QED) is 0.642. The van der Waals surface area contributed by atoms with Gasteiger partial charge in [-0.15, -0.1) is 0 Å². The number of aryl methyl sites for hydroxylation is 1. The number of amides is 1. The minimum absolute atomic E-state index is 0.0970. The lowest BCUT2D eigenvalue weighted by Gasteiger charge is -2.13. The average Bonchev–Trinajstić information content (AvgIpc) is 3.37. The van der Waals surface area contributed by atoms with E-state index in [2.05, 4.69) is 10.4 Å². The summed E-state index contributed by atoms with van der Waals surface area (Å²) in [7, 11) is 0. The highest BCUT2D eigenvalue weighted by Gasteiger charge is 2.21. The molecule has 0 spiro atoms. The molecule has 4 rings (SSSR count). The Kier molecular flexibility index (Phi) is 5.92. The largest absolute Gasteiger partial charge is 0.353 e. The average molecular weight is 414 g/mol. The molecule has 0 radical (unpaired) electrons. The number of hydrogen-bond acceptors (Lipinski definition) is 3. The van der Waals surface area contributed by atoms with Gasteiger partial charge in [0.25, 0.3) is 12.0 Å². The molecule has 1 N–H and O–H groups in total.